The van der Waals surface area contributed by atoms with Crippen LogP contribution in [0.3, 0.4) is 0 Å². The van der Waals surface area contributed by atoms with Gasteiger partial charge in [-0.3, -0.25) is 0 Å². The standard InChI is InChI=1S/C17H11N2O.C11H8N.Ir/c1-11-6-7-18-9-14(11)15-8-13-12-4-2-3-5-16(12)20-17(13)10-19-15;1-2-6-10(7-3-1)11-8-4-5-9-12-11;/h2-8,10H,1H3;1-6,8-9H;/q2*-1;/i1D3;;. The quantitative estimate of drug-likeness (QED) is 0.206. The summed E-state index contributed by atoms with van der Waals surface area (Å²) >= 11 is 0. The van der Waals surface area contributed by atoms with Gasteiger partial charge in [-0.1, -0.05) is 49.4 Å². The molecule has 0 unspecified atom stereocenters. The molecule has 0 N–H and O–H groups in total. The minimum absolute atomic E-state index is 0. The van der Waals surface area contributed by atoms with Crippen LogP contribution in [0.5, 0.6) is 0 Å². The van der Waals surface area contributed by atoms with Crippen molar-refractivity contribution in [3.63, 3.8) is 0 Å². The number of para-hydroxylation sites is 1. The Hall–Kier alpha value is -3.66. The largest absolute Gasteiger partial charge is 0.455 e. The fraction of sp³-hybridized carbons (Fsp3) is 0.0357. The molecule has 4 heterocycles. The van der Waals surface area contributed by atoms with Crippen LogP contribution < -0.4 is 0 Å². The molecule has 6 aromatic rings. The Bertz CT molecular complexity index is 1550. The minimum atomic E-state index is -2.25. The third-order valence-electron chi connectivity index (χ3n) is 4.93. The number of aromatic nitrogens is 3. The van der Waals surface area contributed by atoms with Gasteiger partial charge in [0.25, 0.3) is 0 Å². The van der Waals surface area contributed by atoms with Crippen molar-refractivity contribution in [3.05, 3.63) is 115 Å². The van der Waals surface area contributed by atoms with E-state index in [-0.39, 0.29) is 25.7 Å². The van der Waals surface area contributed by atoms with E-state index in [1.807, 2.05) is 72.8 Å². The zero-order valence-corrected chi connectivity index (χ0v) is 19.7. The minimum Gasteiger partial charge on any atom is -0.455 e. The van der Waals surface area contributed by atoms with E-state index in [1.54, 1.807) is 12.4 Å². The van der Waals surface area contributed by atoms with E-state index in [0.29, 0.717) is 16.8 Å². The van der Waals surface area contributed by atoms with Crippen LogP contribution in [0.2, 0.25) is 0 Å². The molecule has 0 aliphatic carbocycles. The van der Waals surface area contributed by atoms with E-state index in [1.165, 1.54) is 12.3 Å². The fourth-order valence-electron chi connectivity index (χ4n) is 3.40. The molecule has 0 saturated heterocycles. The third kappa shape index (κ3) is 4.90. The Balaban J connectivity index is 0.000000198. The summed E-state index contributed by atoms with van der Waals surface area (Å²) < 4.78 is 28.7. The number of benzene rings is 2. The number of fused-ring (bicyclic) bond motifs is 3. The maximum absolute atomic E-state index is 7.67. The molecule has 0 atom stereocenters. The van der Waals surface area contributed by atoms with Crippen molar-refractivity contribution < 1.29 is 28.6 Å². The summed E-state index contributed by atoms with van der Waals surface area (Å²) in [4.78, 5) is 12.5. The number of hydrogen-bond acceptors (Lipinski definition) is 4. The van der Waals surface area contributed by atoms with Crippen molar-refractivity contribution >= 4 is 21.9 Å². The van der Waals surface area contributed by atoms with E-state index < -0.39 is 6.85 Å². The number of nitrogens with zero attached hydrogens (tertiary/aromatic N) is 3. The van der Waals surface area contributed by atoms with Crippen LogP contribution in [0.15, 0.2) is 102 Å². The van der Waals surface area contributed by atoms with Gasteiger partial charge in [0.1, 0.15) is 5.58 Å². The second-order valence-corrected chi connectivity index (χ2v) is 7.00. The molecule has 2 aromatic carbocycles. The van der Waals surface area contributed by atoms with Crippen molar-refractivity contribution in [3.8, 4) is 22.5 Å². The van der Waals surface area contributed by atoms with Crippen LogP contribution in [-0.2, 0) is 20.1 Å². The zero-order chi connectivity index (χ0) is 24.3. The zero-order valence-electron chi connectivity index (χ0n) is 20.3. The van der Waals surface area contributed by atoms with E-state index in [4.69, 9.17) is 8.53 Å². The van der Waals surface area contributed by atoms with Gasteiger partial charge in [0.15, 0.2) is 5.58 Å². The summed E-state index contributed by atoms with van der Waals surface area (Å²) in [6.07, 6.45) is 7.58. The van der Waals surface area contributed by atoms with Crippen molar-refractivity contribution in [2.45, 2.75) is 6.85 Å². The van der Waals surface area contributed by atoms with Crippen LogP contribution in [0.1, 0.15) is 9.68 Å². The first-order valence-corrected chi connectivity index (χ1v) is 10.0. The molecule has 0 amide bonds. The van der Waals surface area contributed by atoms with Gasteiger partial charge in [-0.05, 0) is 29.7 Å². The average molecular weight is 609 g/mol. The van der Waals surface area contributed by atoms with Gasteiger partial charge in [0, 0.05) is 41.2 Å². The Morgan fingerprint density at radius 3 is 2.52 bits per heavy atom. The summed E-state index contributed by atoms with van der Waals surface area (Å²) in [6.45, 7) is -2.25. The number of furan rings is 1. The summed E-state index contributed by atoms with van der Waals surface area (Å²) in [5, 5.41) is 1.85. The summed E-state index contributed by atoms with van der Waals surface area (Å²) in [7, 11) is 0. The number of aryl methyl sites for hydroxylation is 1. The molecular formula is C28H19IrN3O-2. The first-order chi connectivity index (χ1) is 17.0. The van der Waals surface area contributed by atoms with Crippen LogP contribution in [0, 0.1) is 19.1 Å². The van der Waals surface area contributed by atoms with Gasteiger partial charge in [-0.2, -0.15) is 0 Å². The van der Waals surface area contributed by atoms with Crippen LogP contribution in [-0.4, -0.2) is 15.0 Å². The van der Waals surface area contributed by atoms with E-state index >= 15 is 0 Å². The van der Waals surface area contributed by atoms with Crippen LogP contribution >= 0.6 is 0 Å². The van der Waals surface area contributed by atoms with Gasteiger partial charge in [0.05, 0.1) is 6.20 Å². The molecule has 4 nitrogen and oxygen atoms in total. The Labute approximate surface area is 209 Å². The predicted molar refractivity (Wildman–Crippen MR) is 127 cm³/mol. The molecule has 0 spiro atoms. The maximum Gasteiger partial charge on any atom is 0.151 e. The first-order valence-electron chi connectivity index (χ1n) is 11.5. The molecule has 0 saturated carbocycles. The Morgan fingerprint density at radius 2 is 1.70 bits per heavy atom. The van der Waals surface area contributed by atoms with E-state index in [2.05, 4.69) is 27.2 Å². The van der Waals surface area contributed by atoms with Gasteiger partial charge >= 0.3 is 0 Å². The predicted octanol–water partition coefficient (Wildman–Crippen LogP) is 6.70. The van der Waals surface area contributed by atoms with Crippen molar-refractivity contribution in [1.29, 1.82) is 0 Å². The monoisotopic (exact) mass is 609 g/mol. The second-order valence-electron chi connectivity index (χ2n) is 7.00. The molecule has 33 heavy (non-hydrogen) atoms. The topological polar surface area (TPSA) is 51.8 Å². The fourth-order valence-corrected chi connectivity index (χ4v) is 3.40. The van der Waals surface area contributed by atoms with E-state index in [9.17, 15) is 0 Å². The van der Waals surface area contributed by atoms with Crippen molar-refractivity contribution in [1.82, 2.24) is 15.0 Å². The summed E-state index contributed by atoms with van der Waals surface area (Å²) in [6, 6.07) is 27.8. The van der Waals surface area contributed by atoms with Gasteiger partial charge in [0.2, 0.25) is 0 Å². The molecule has 1 radical (unpaired) electrons. The Morgan fingerprint density at radius 1 is 0.818 bits per heavy atom. The van der Waals surface area contributed by atoms with Crippen LogP contribution in [0.4, 0.5) is 0 Å². The number of rotatable bonds is 2. The molecule has 4 aromatic heterocycles. The van der Waals surface area contributed by atoms with Crippen molar-refractivity contribution in [2.75, 3.05) is 0 Å². The molecule has 163 valence electrons. The third-order valence-corrected chi connectivity index (χ3v) is 4.93. The van der Waals surface area contributed by atoms with Crippen LogP contribution in [0.25, 0.3) is 44.5 Å². The maximum atomic E-state index is 7.67. The average Bonchev–Trinajstić information content (AvgIpc) is 3.28. The molecule has 6 rings (SSSR count). The normalized spacial score (nSPS) is 12.1. The molecule has 0 fully saturated rings. The SMILES string of the molecule is [2H]C([2H])([2H])c1ccn[c-]c1-c1cc2c(cn1)oc1ccccc12.[Ir].[c-]1ccccc1-c1ccccn1. The summed E-state index contributed by atoms with van der Waals surface area (Å²) in [5.74, 6) is 0. The number of pyridine rings is 3. The molecule has 0 aliphatic rings. The molecule has 5 heteroatoms. The van der Waals surface area contributed by atoms with Gasteiger partial charge < -0.3 is 19.4 Å². The summed E-state index contributed by atoms with van der Waals surface area (Å²) in [5.41, 5.74) is 4.54. The van der Waals surface area contributed by atoms with Gasteiger partial charge in [-0.15, -0.1) is 53.1 Å². The molecule has 0 aliphatic heterocycles. The number of hydrogen-bond donors (Lipinski definition) is 0. The molecular weight excluding hydrogens is 587 g/mol. The first kappa shape index (κ1) is 18.9. The molecule has 0 bridgehead atoms. The van der Waals surface area contributed by atoms with Gasteiger partial charge in [-0.25, -0.2) is 0 Å². The Kier molecular flexibility index (Phi) is 5.89. The van der Waals surface area contributed by atoms with E-state index in [0.717, 1.165) is 27.6 Å². The second kappa shape index (κ2) is 10.3. The smallest absolute Gasteiger partial charge is 0.151 e. The van der Waals surface area contributed by atoms with Crippen molar-refractivity contribution in [2.24, 2.45) is 0 Å².